The van der Waals surface area contributed by atoms with Gasteiger partial charge in [-0.3, -0.25) is 14.2 Å². The molecular weight excluding hydrogens is 230 g/mol. The first-order chi connectivity index (χ1) is 8.59. The molecule has 0 radical (unpaired) electrons. The number of rotatable bonds is 0. The molecule has 5 nitrogen and oxygen atoms in total. The number of benzene rings is 1. The fourth-order valence-corrected chi connectivity index (χ4v) is 2.36. The molecule has 0 saturated carbocycles. The van der Waals surface area contributed by atoms with Crippen LogP contribution in [0.25, 0.3) is 10.9 Å². The number of amides is 1. The summed E-state index contributed by atoms with van der Waals surface area (Å²) in [6.07, 6.45) is 0. The van der Waals surface area contributed by atoms with Gasteiger partial charge in [-0.1, -0.05) is 12.1 Å². The Morgan fingerprint density at radius 2 is 1.94 bits per heavy atom. The normalized spacial score (nSPS) is 22.7. The largest absolute Gasteiger partial charge is 0.345 e. The van der Waals surface area contributed by atoms with E-state index in [9.17, 15) is 9.59 Å². The van der Waals surface area contributed by atoms with Crippen LogP contribution in [0, 0.1) is 0 Å². The van der Waals surface area contributed by atoms with Crippen LogP contribution in [0.15, 0.2) is 29.1 Å². The number of hydrogen-bond acceptors (Lipinski definition) is 3. The Morgan fingerprint density at radius 3 is 2.72 bits per heavy atom. The third kappa shape index (κ3) is 1.37. The fourth-order valence-electron chi connectivity index (χ4n) is 2.36. The molecule has 0 spiro atoms. The van der Waals surface area contributed by atoms with E-state index < -0.39 is 6.04 Å². The molecule has 1 amide bonds. The van der Waals surface area contributed by atoms with Gasteiger partial charge in [0.15, 0.2) is 0 Å². The molecule has 0 saturated heterocycles. The average molecular weight is 243 g/mol. The highest BCUT2D eigenvalue weighted by atomic mass is 16.2. The van der Waals surface area contributed by atoms with Gasteiger partial charge in [-0.05, 0) is 26.0 Å². The fraction of sp³-hybridized carbons (Fsp3) is 0.308. The highest BCUT2D eigenvalue weighted by Crippen LogP contribution is 2.21. The van der Waals surface area contributed by atoms with Crippen molar-refractivity contribution in [2.75, 3.05) is 0 Å². The first kappa shape index (κ1) is 11.0. The van der Waals surface area contributed by atoms with Crippen LogP contribution in [0.2, 0.25) is 0 Å². The number of hydrogen-bond donors (Lipinski definition) is 1. The van der Waals surface area contributed by atoms with Gasteiger partial charge in [-0.15, -0.1) is 0 Å². The van der Waals surface area contributed by atoms with Crippen LogP contribution in [0.4, 0.5) is 0 Å². The SMILES string of the molecule is C[C@@H]1NC(=O)[C@H](C)n2c1nc1ccccc1c2=O. The predicted octanol–water partition coefficient (Wildman–Crippen LogP) is 1.15. The van der Waals surface area contributed by atoms with Crippen LogP contribution >= 0.6 is 0 Å². The molecule has 0 bridgehead atoms. The Kier molecular flexibility index (Phi) is 2.23. The number of fused-ring (bicyclic) bond motifs is 2. The third-order valence-corrected chi connectivity index (χ3v) is 3.35. The zero-order chi connectivity index (χ0) is 12.9. The molecule has 1 aromatic heterocycles. The van der Waals surface area contributed by atoms with E-state index in [4.69, 9.17) is 0 Å². The van der Waals surface area contributed by atoms with Gasteiger partial charge in [-0.2, -0.15) is 0 Å². The summed E-state index contributed by atoms with van der Waals surface area (Å²) in [5.41, 5.74) is 0.522. The number of aromatic nitrogens is 2. The molecule has 1 aliphatic rings. The smallest absolute Gasteiger partial charge is 0.262 e. The van der Waals surface area contributed by atoms with Gasteiger partial charge >= 0.3 is 0 Å². The minimum Gasteiger partial charge on any atom is -0.345 e. The van der Waals surface area contributed by atoms with Crippen molar-refractivity contribution in [1.29, 1.82) is 0 Å². The molecule has 2 aromatic rings. The summed E-state index contributed by atoms with van der Waals surface area (Å²) in [4.78, 5) is 28.7. The number of para-hydroxylation sites is 1. The summed E-state index contributed by atoms with van der Waals surface area (Å²) in [5, 5.41) is 3.37. The molecule has 1 N–H and O–H groups in total. The maximum atomic E-state index is 12.4. The molecule has 18 heavy (non-hydrogen) atoms. The second-order valence-electron chi connectivity index (χ2n) is 4.57. The highest BCUT2D eigenvalue weighted by molar-refractivity contribution is 5.83. The molecule has 0 fully saturated rings. The zero-order valence-corrected chi connectivity index (χ0v) is 10.2. The van der Waals surface area contributed by atoms with E-state index in [1.807, 2.05) is 19.1 Å². The Bertz CT molecular complexity index is 705. The second-order valence-corrected chi connectivity index (χ2v) is 4.57. The molecule has 0 aliphatic carbocycles. The van der Waals surface area contributed by atoms with Crippen LogP contribution in [-0.4, -0.2) is 15.5 Å². The average Bonchev–Trinajstić information content (AvgIpc) is 2.36. The Labute approximate surface area is 103 Å². The number of carbonyl (C=O) groups is 1. The van der Waals surface area contributed by atoms with Crippen LogP contribution in [0.3, 0.4) is 0 Å². The molecule has 2 heterocycles. The van der Waals surface area contributed by atoms with E-state index in [1.165, 1.54) is 4.57 Å². The van der Waals surface area contributed by atoms with Crippen molar-refractivity contribution in [3.63, 3.8) is 0 Å². The Hall–Kier alpha value is -2.17. The van der Waals surface area contributed by atoms with Gasteiger partial charge < -0.3 is 5.32 Å². The lowest BCUT2D eigenvalue weighted by Gasteiger charge is -2.29. The van der Waals surface area contributed by atoms with Crippen molar-refractivity contribution >= 4 is 16.8 Å². The van der Waals surface area contributed by atoms with Crippen molar-refractivity contribution in [1.82, 2.24) is 14.9 Å². The molecular formula is C13H13N3O2. The van der Waals surface area contributed by atoms with Crippen LogP contribution in [0.1, 0.15) is 31.8 Å². The predicted molar refractivity (Wildman–Crippen MR) is 67.3 cm³/mol. The van der Waals surface area contributed by atoms with E-state index in [1.54, 1.807) is 19.1 Å². The van der Waals surface area contributed by atoms with Gasteiger partial charge in [0.1, 0.15) is 11.9 Å². The summed E-state index contributed by atoms with van der Waals surface area (Å²) in [6, 6.07) is 6.44. The maximum Gasteiger partial charge on any atom is 0.262 e. The molecule has 2 atom stereocenters. The first-order valence-corrected chi connectivity index (χ1v) is 5.91. The molecule has 0 unspecified atom stereocenters. The van der Waals surface area contributed by atoms with Crippen molar-refractivity contribution in [2.24, 2.45) is 0 Å². The van der Waals surface area contributed by atoms with Crippen LogP contribution in [-0.2, 0) is 4.79 Å². The quantitative estimate of drug-likeness (QED) is 0.754. The van der Waals surface area contributed by atoms with E-state index in [2.05, 4.69) is 10.3 Å². The van der Waals surface area contributed by atoms with Gasteiger partial charge in [0.05, 0.1) is 16.9 Å². The Morgan fingerprint density at radius 1 is 1.22 bits per heavy atom. The van der Waals surface area contributed by atoms with E-state index in [0.717, 1.165) is 0 Å². The summed E-state index contributed by atoms with van der Waals surface area (Å²) in [6.45, 7) is 3.54. The Balaban J connectivity index is 2.43. The molecule has 1 aliphatic heterocycles. The molecule has 3 rings (SSSR count). The van der Waals surface area contributed by atoms with Gasteiger partial charge in [0.2, 0.25) is 5.91 Å². The van der Waals surface area contributed by atoms with Crippen molar-refractivity contribution in [3.8, 4) is 0 Å². The lowest BCUT2D eigenvalue weighted by Crippen LogP contribution is -2.45. The molecule has 92 valence electrons. The lowest BCUT2D eigenvalue weighted by atomic mass is 10.1. The third-order valence-electron chi connectivity index (χ3n) is 3.35. The standard InChI is InChI=1S/C13H13N3O2/c1-7-11-15-10-6-4-3-5-9(10)13(18)16(11)8(2)12(17)14-7/h3-8H,1-2H3,(H,14,17)/t7-,8-/m0/s1. The van der Waals surface area contributed by atoms with Gasteiger partial charge in [0.25, 0.3) is 5.56 Å². The maximum absolute atomic E-state index is 12.4. The number of nitrogens with one attached hydrogen (secondary N) is 1. The van der Waals surface area contributed by atoms with Crippen molar-refractivity contribution in [3.05, 3.63) is 40.4 Å². The first-order valence-electron chi connectivity index (χ1n) is 5.91. The van der Waals surface area contributed by atoms with Gasteiger partial charge in [-0.25, -0.2) is 4.98 Å². The van der Waals surface area contributed by atoms with E-state index >= 15 is 0 Å². The number of nitrogens with zero attached hydrogens (tertiary/aromatic N) is 2. The summed E-state index contributed by atoms with van der Waals surface area (Å²) in [7, 11) is 0. The summed E-state index contributed by atoms with van der Waals surface area (Å²) >= 11 is 0. The van der Waals surface area contributed by atoms with Gasteiger partial charge in [0, 0.05) is 0 Å². The van der Waals surface area contributed by atoms with E-state index in [0.29, 0.717) is 16.7 Å². The zero-order valence-electron chi connectivity index (χ0n) is 10.2. The monoisotopic (exact) mass is 243 g/mol. The molecule has 1 aromatic carbocycles. The van der Waals surface area contributed by atoms with Crippen LogP contribution in [0.5, 0.6) is 0 Å². The van der Waals surface area contributed by atoms with Crippen molar-refractivity contribution < 1.29 is 4.79 Å². The van der Waals surface area contributed by atoms with Crippen molar-refractivity contribution in [2.45, 2.75) is 25.9 Å². The summed E-state index contributed by atoms with van der Waals surface area (Å²) in [5.74, 6) is 0.472. The van der Waals surface area contributed by atoms with Crippen LogP contribution < -0.4 is 10.9 Å². The minimum atomic E-state index is -0.513. The highest BCUT2D eigenvalue weighted by Gasteiger charge is 2.30. The lowest BCUT2D eigenvalue weighted by molar-refractivity contribution is -0.125. The minimum absolute atomic E-state index is 0.144. The van der Waals surface area contributed by atoms with E-state index in [-0.39, 0.29) is 17.5 Å². The summed E-state index contributed by atoms with van der Waals surface area (Å²) < 4.78 is 1.49. The topological polar surface area (TPSA) is 64.0 Å². The second kappa shape index (κ2) is 3.66. The number of carbonyl (C=O) groups excluding carboxylic acids is 1. The molecule has 5 heteroatoms.